The fourth-order valence-electron chi connectivity index (χ4n) is 2.70. The van der Waals surface area contributed by atoms with Gasteiger partial charge < -0.3 is 9.64 Å². The molecule has 0 spiro atoms. The lowest BCUT2D eigenvalue weighted by Gasteiger charge is -2.35. The number of hydrogen-bond donors (Lipinski definition) is 0. The lowest BCUT2D eigenvalue weighted by atomic mass is 9.80. The Labute approximate surface area is 109 Å². The van der Waals surface area contributed by atoms with Crippen LogP contribution in [-0.2, 0) is 9.53 Å². The van der Waals surface area contributed by atoms with Crippen molar-refractivity contribution in [1.82, 2.24) is 4.90 Å². The summed E-state index contributed by atoms with van der Waals surface area (Å²) in [5.41, 5.74) is 1.25. The van der Waals surface area contributed by atoms with Gasteiger partial charge in [0.05, 0.1) is 12.5 Å². The van der Waals surface area contributed by atoms with Crippen LogP contribution < -0.4 is 0 Å². The van der Waals surface area contributed by atoms with Crippen molar-refractivity contribution < 1.29 is 9.53 Å². The first kappa shape index (κ1) is 13.1. The van der Waals surface area contributed by atoms with Crippen molar-refractivity contribution >= 4 is 5.97 Å². The molecule has 1 aliphatic heterocycles. The number of rotatable bonds is 3. The molecule has 1 fully saturated rings. The second-order valence-corrected chi connectivity index (χ2v) is 4.93. The van der Waals surface area contributed by atoms with Crippen LogP contribution in [0.5, 0.6) is 0 Å². The van der Waals surface area contributed by atoms with Crippen molar-refractivity contribution in [3.05, 3.63) is 35.9 Å². The number of nitrogens with zero attached hydrogens (tertiary/aromatic N) is 1. The highest BCUT2D eigenvalue weighted by Crippen LogP contribution is 2.33. The summed E-state index contributed by atoms with van der Waals surface area (Å²) in [4.78, 5) is 14.3. The predicted octanol–water partition coefficient (Wildman–Crippen LogP) is 2.29. The number of piperidine rings is 1. The highest BCUT2D eigenvalue weighted by Gasteiger charge is 2.34. The lowest BCUT2D eigenvalue weighted by Crippen LogP contribution is -2.41. The van der Waals surface area contributed by atoms with Gasteiger partial charge in [-0.15, -0.1) is 0 Å². The molecular formula is C15H21NO2. The van der Waals surface area contributed by atoms with Gasteiger partial charge in [-0.05, 0) is 38.4 Å². The number of esters is 1. The highest BCUT2D eigenvalue weighted by molar-refractivity contribution is 5.74. The minimum atomic E-state index is -0.0575. The van der Waals surface area contributed by atoms with Crippen LogP contribution in [0.15, 0.2) is 30.3 Å². The van der Waals surface area contributed by atoms with E-state index in [1.54, 1.807) is 0 Å². The first-order chi connectivity index (χ1) is 8.72. The van der Waals surface area contributed by atoms with Gasteiger partial charge in [-0.3, -0.25) is 4.79 Å². The highest BCUT2D eigenvalue weighted by atomic mass is 16.5. The second-order valence-electron chi connectivity index (χ2n) is 4.93. The van der Waals surface area contributed by atoms with Crippen molar-refractivity contribution in [3.63, 3.8) is 0 Å². The molecule has 0 aliphatic carbocycles. The molecule has 0 amide bonds. The summed E-state index contributed by atoms with van der Waals surface area (Å²) in [5.74, 6) is 0.199. The first-order valence-electron chi connectivity index (χ1n) is 6.62. The zero-order valence-corrected chi connectivity index (χ0v) is 11.1. The second kappa shape index (κ2) is 6.01. The summed E-state index contributed by atoms with van der Waals surface area (Å²) in [5, 5.41) is 0. The van der Waals surface area contributed by atoms with Gasteiger partial charge in [-0.1, -0.05) is 30.3 Å². The Kier molecular flexibility index (Phi) is 4.37. The number of carbonyl (C=O) groups is 1. The normalized spacial score (nSPS) is 24.8. The molecule has 18 heavy (non-hydrogen) atoms. The molecule has 2 atom stereocenters. The summed E-state index contributed by atoms with van der Waals surface area (Å²) in [6, 6.07) is 10.3. The van der Waals surface area contributed by atoms with Gasteiger partial charge in [0.15, 0.2) is 0 Å². The van der Waals surface area contributed by atoms with Crippen molar-refractivity contribution in [2.75, 3.05) is 26.7 Å². The van der Waals surface area contributed by atoms with E-state index in [0.717, 1.165) is 19.5 Å². The van der Waals surface area contributed by atoms with E-state index in [4.69, 9.17) is 4.74 Å². The number of likely N-dealkylation sites (tertiary alicyclic amines) is 1. The number of benzene rings is 1. The van der Waals surface area contributed by atoms with Gasteiger partial charge in [0.2, 0.25) is 0 Å². The Bertz CT molecular complexity index is 391. The van der Waals surface area contributed by atoms with E-state index in [9.17, 15) is 4.79 Å². The van der Waals surface area contributed by atoms with Crippen molar-refractivity contribution in [1.29, 1.82) is 0 Å². The van der Waals surface area contributed by atoms with Crippen LogP contribution in [0.4, 0.5) is 0 Å². The Balaban J connectivity index is 2.18. The Morgan fingerprint density at radius 2 is 2.11 bits per heavy atom. The average molecular weight is 247 g/mol. The topological polar surface area (TPSA) is 29.5 Å². The van der Waals surface area contributed by atoms with Crippen LogP contribution in [0, 0.1) is 5.92 Å². The predicted molar refractivity (Wildman–Crippen MR) is 71.4 cm³/mol. The molecule has 2 rings (SSSR count). The van der Waals surface area contributed by atoms with Crippen LogP contribution in [-0.4, -0.2) is 37.6 Å². The average Bonchev–Trinajstić information content (AvgIpc) is 2.40. The van der Waals surface area contributed by atoms with Gasteiger partial charge in [0.1, 0.15) is 0 Å². The van der Waals surface area contributed by atoms with Gasteiger partial charge in [0, 0.05) is 6.54 Å². The third-order valence-electron chi connectivity index (χ3n) is 3.63. The maximum atomic E-state index is 12.1. The molecule has 1 aromatic carbocycles. The van der Waals surface area contributed by atoms with Crippen LogP contribution >= 0.6 is 0 Å². The van der Waals surface area contributed by atoms with E-state index in [1.807, 2.05) is 25.1 Å². The van der Waals surface area contributed by atoms with Gasteiger partial charge in [-0.2, -0.15) is 0 Å². The van der Waals surface area contributed by atoms with Gasteiger partial charge in [-0.25, -0.2) is 0 Å². The quantitative estimate of drug-likeness (QED) is 0.767. The number of hydrogen-bond acceptors (Lipinski definition) is 3. The fraction of sp³-hybridized carbons (Fsp3) is 0.533. The molecule has 0 aromatic heterocycles. The zero-order valence-electron chi connectivity index (χ0n) is 11.1. The third kappa shape index (κ3) is 2.91. The minimum Gasteiger partial charge on any atom is -0.466 e. The molecule has 2 unspecified atom stereocenters. The molecule has 0 bridgehead atoms. The van der Waals surface area contributed by atoms with Crippen LogP contribution in [0.1, 0.15) is 24.8 Å². The molecular weight excluding hydrogens is 226 g/mol. The third-order valence-corrected chi connectivity index (χ3v) is 3.63. The Morgan fingerprint density at radius 1 is 1.39 bits per heavy atom. The number of carbonyl (C=O) groups excluding carboxylic acids is 1. The first-order valence-corrected chi connectivity index (χ1v) is 6.62. The zero-order chi connectivity index (χ0) is 13.0. The molecule has 1 saturated heterocycles. The van der Waals surface area contributed by atoms with Crippen molar-refractivity contribution in [2.24, 2.45) is 5.92 Å². The summed E-state index contributed by atoms with van der Waals surface area (Å²) < 4.78 is 5.22. The minimum absolute atomic E-state index is 0.0360. The fourth-order valence-corrected chi connectivity index (χ4v) is 2.70. The van der Waals surface area contributed by atoms with Gasteiger partial charge in [0.25, 0.3) is 0 Å². The molecule has 3 nitrogen and oxygen atoms in total. The van der Waals surface area contributed by atoms with E-state index in [2.05, 4.69) is 24.1 Å². The van der Waals surface area contributed by atoms with E-state index in [0.29, 0.717) is 12.5 Å². The molecule has 0 N–H and O–H groups in total. The summed E-state index contributed by atoms with van der Waals surface area (Å²) >= 11 is 0. The Hall–Kier alpha value is -1.35. The number of ether oxygens (including phenoxy) is 1. The van der Waals surface area contributed by atoms with Crippen LogP contribution in [0.2, 0.25) is 0 Å². The SMILES string of the molecule is CCOC(=O)C1CN(C)CCC1c1ccccc1. The summed E-state index contributed by atoms with van der Waals surface area (Å²) in [6.07, 6.45) is 1.02. The molecule has 98 valence electrons. The summed E-state index contributed by atoms with van der Waals surface area (Å²) in [6.45, 7) is 4.15. The lowest BCUT2D eigenvalue weighted by molar-refractivity contribution is -0.150. The van der Waals surface area contributed by atoms with Crippen molar-refractivity contribution in [2.45, 2.75) is 19.3 Å². The molecule has 0 saturated carbocycles. The maximum absolute atomic E-state index is 12.1. The van der Waals surface area contributed by atoms with E-state index < -0.39 is 0 Å². The molecule has 1 aromatic rings. The molecule has 1 aliphatic rings. The van der Waals surface area contributed by atoms with Crippen molar-refractivity contribution in [3.8, 4) is 0 Å². The van der Waals surface area contributed by atoms with Crippen LogP contribution in [0.3, 0.4) is 0 Å². The smallest absolute Gasteiger partial charge is 0.310 e. The Morgan fingerprint density at radius 3 is 2.78 bits per heavy atom. The van der Waals surface area contributed by atoms with Gasteiger partial charge >= 0.3 is 5.97 Å². The van der Waals surface area contributed by atoms with E-state index in [1.165, 1.54) is 5.56 Å². The maximum Gasteiger partial charge on any atom is 0.310 e. The molecule has 1 heterocycles. The van der Waals surface area contributed by atoms with E-state index in [-0.39, 0.29) is 11.9 Å². The summed E-state index contributed by atoms with van der Waals surface area (Å²) in [7, 11) is 2.06. The van der Waals surface area contributed by atoms with Crippen LogP contribution in [0.25, 0.3) is 0 Å². The molecule has 0 radical (unpaired) electrons. The standard InChI is InChI=1S/C15H21NO2/c1-3-18-15(17)14-11-16(2)10-9-13(14)12-7-5-4-6-8-12/h4-8,13-14H,3,9-11H2,1-2H3. The van der Waals surface area contributed by atoms with E-state index >= 15 is 0 Å². The monoisotopic (exact) mass is 247 g/mol. The largest absolute Gasteiger partial charge is 0.466 e. The molecule has 3 heteroatoms.